The van der Waals surface area contributed by atoms with Crippen LogP contribution in [0.5, 0.6) is 0 Å². The molecule has 4 nitrogen and oxygen atoms in total. The number of carbonyl (C=O) groups excluding carboxylic acids is 1. The van der Waals surface area contributed by atoms with E-state index in [0.29, 0.717) is 0 Å². The number of fused-ring (bicyclic) bond motifs is 1. The fourth-order valence-electron chi connectivity index (χ4n) is 3.99. The lowest BCUT2D eigenvalue weighted by atomic mass is 9.89. The SMILES string of the molecule is O=C(Nc1nc2c(s1)C[NH+](Cc1ccccc1)CC2)C1CCCCC1. The molecule has 1 fully saturated rings. The Kier molecular flexibility index (Phi) is 5.13. The Morgan fingerprint density at radius 2 is 2.00 bits per heavy atom. The second-order valence-corrected chi connectivity index (χ2v) is 8.39. The summed E-state index contributed by atoms with van der Waals surface area (Å²) in [4.78, 5) is 20.1. The third-order valence-corrected chi connectivity index (χ3v) is 6.42. The maximum atomic E-state index is 12.4. The highest BCUT2D eigenvalue weighted by molar-refractivity contribution is 7.15. The number of carbonyl (C=O) groups is 1. The van der Waals surface area contributed by atoms with Crippen LogP contribution in [0.3, 0.4) is 0 Å². The first-order valence-corrected chi connectivity index (χ1v) is 10.3. The second kappa shape index (κ2) is 7.67. The zero-order chi connectivity index (χ0) is 17.1. The van der Waals surface area contributed by atoms with Crippen molar-refractivity contribution in [1.29, 1.82) is 0 Å². The van der Waals surface area contributed by atoms with E-state index in [9.17, 15) is 4.79 Å². The Morgan fingerprint density at radius 1 is 1.20 bits per heavy atom. The van der Waals surface area contributed by atoms with Crippen molar-refractivity contribution in [2.75, 3.05) is 11.9 Å². The molecule has 0 radical (unpaired) electrons. The molecule has 132 valence electrons. The van der Waals surface area contributed by atoms with Crippen molar-refractivity contribution in [3.05, 3.63) is 46.5 Å². The monoisotopic (exact) mass is 356 g/mol. The van der Waals surface area contributed by atoms with E-state index in [2.05, 4.69) is 35.6 Å². The van der Waals surface area contributed by atoms with Crippen LogP contribution in [-0.4, -0.2) is 17.4 Å². The van der Waals surface area contributed by atoms with Crippen molar-refractivity contribution in [3.8, 4) is 0 Å². The lowest BCUT2D eigenvalue weighted by molar-refractivity contribution is -0.929. The van der Waals surface area contributed by atoms with E-state index in [1.165, 1.54) is 35.4 Å². The zero-order valence-electron chi connectivity index (χ0n) is 14.6. The lowest BCUT2D eigenvalue weighted by Crippen LogP contribution is -3.10. The maximum absolute atomic E-state index is 12.4. The van der Waals surface area contributed by atoms with E-state index in [4.69, 9.17) is 4.98 Å². The Hall–Kier alpha value is -1.72. The molecule has 25 heavy (non-hydrogen) atoms. The molecule has 0 spiro atoms. The van der Waals surface area contributed by atoms with Crippen LogP contribution in [0.15, 0.2) is 30.3 Å². The third kappa shape index (κ3) is 4.10. The van der Waals surface area contributed by atoms with Crippen LogP contribution >= 0.6 is 11.3 Å². The van der Waals surface area contributed by atoms with Gasteiger partial charge in [-0.1, -0.05) is 60.9 Å². The largest absolute Gasteiger partial charge is 0.326 e. The quantitative estimate of drug-likeness (QED) is 0.885. The van der Waals surface area contributed by atoms with Crippen molar-refractivity contribution >= 4 is 22.4 Å². The molecule has 1 aliphatic heterocycles. The van der Waals surface area contributed by atoms with Crippen molar-refractivity contribution in [3.63, 3.8) is 0 Å². The first-order valence-electron chi connectivity index (χ1n) is 9.45. The summed E-state index contributed by atoms with van der Waals surface area (Å²) in [6.07, 6.45) is 6.72. The highest BCUT2D eigenvalue weighted by Crippen LogP contribution is 2.28. The van der Waals surface area contributed by atoms with Gasteiger partial charge in [0.05, 0.1) is 17.1 Å². The molecule has 2 N–H and O–H groups in total. The van der Waals surface area contributed by atoms with Crippen molar-refractivity contribution < 1.29 is 9.69 Å². The number of hydrogen-bond acceptors (Lipinski definition) is 3. The Bertz CT molecular complexity index is 722. The molecule has 2 heterocycles. The van der Waals surface area contributed by atoms with Crippen LogP contribution < -0.4 is 10.2 Å². The molecule has 4 rings (SSSR count). The molecule has 1 aliphatic carbocycles. The fourth-order valence-corrected chi connectivity index (χ4v) is 5.07. The van der Waals surface area contributed by atoms with Gasteiger partial charge >= 0.3 is 0 Å². The molecule has 2 aromatic rings. The number of anilines is 1. The summed E-state index contributed by atoms with van der Waals surface area (Å²) in [5.41, 5.74) is 2.58. The number of nitrogens with zero attached hydrogens (tertiary/aromatic N) is 1. The summed E-state index contributed by atoms with van der Waals surface area (Å²) in [6.45, 7) is 3.19. The van der Waals surface area contributed by atoms with Gasteiger partial charge in [-0.05, 0) is 12.8 Å². The molecule has 2 aliphatic rings. The van der Waals surface area contributed by atoms with E-state index >= 15 is 0 Å². The van der Waals surface area contributed by atoms with Gasteiger partial charge < -0.3 is 10.2 Å². The van der Waals surface area contributed by atoms with Gasteiger partial charge in [-0.15, -0.1) is 0 Å². The summed E-state index contributed by atoms with van der Waals surface area (Å²) >= 11 is 1.68. The third-order valence-electron chi connectivity index (χ3n) is 5.41. The molecule has 1 aromatic carbocycles. The number of quaternary nitrogens is 1. The van der Waals surface area contributed by atoms with Crippen molar-refractivity contribution in [1.82, 2.24) is 4.98 Å². The minimum absolute atomic E-state index is 0.180. The van der Waals surface area contributed by atoms with Crippen molar-refractivity contribution in [2.24, 2.45) is 5.92 Å². The molecule has 0 bridgehead atoms. The average Bonchev–Trinajstić information content (AvgIpc) is 3.05. The van der Waals surface area contributed by atoms with Crippen LogP contribution in [0.2, 0.25) is 0 Å². The van der Waals surface area contributed by atoms with Crippen molar-refractivity contribution in [2.45, 2.75) is 51.6 Å². The molecule has 1 saturated carbocycles. The zero-order valence-corrected chi connectivity index (χ0v) is 15.4. The molecule has 1 atom stereocenters. The molecular formula is C20H26N3OS+. The van der Waals surface area contributed by atoms with E-state index in [1.54, 1.807) is 16.2 Å². The van der Waals surface area contributed by atoms with Crippen LogP contribution in [0.4, 0.5) is 5.13 Å². The first kappa shape index (κ1) is 16.7. The topological polar surface area (TPSA) is 46.4 Å². The predicted molar refractivity (Wildman–Crippen MR) is 101 cm³/mol. The Balaban J connectivity index is 1.38. The number of hydrogen-bond donors (Lipinski definition) is 2. The van der Waals surface area contributed by atoms with Gasteiger partial charge in [0, 0.05) is 17.9 Å². The normalized spacial score (nSPS) is 20.9. The van der Waals surface area contributed by atoms with Gasteiger partial charge in [-0.2, -0.15) is 0 Å². The molecule has 1 amide bonds. The number of nitrogens with one attached hydrogen (secondary N) is 2. The maximum Gasteiger partial charge on any atom is 0.229 e. The van der Waals surface area contributed by atoms with Gasteiger partial charge in [0.15, 0.2) is 5.13 Å². The molecule has 0 saturated heterocycles. The predicted octanol–water partition coefficient (Wildman–Crippen LogP) is 2.80. The van der Waals surface area contributed by atoms with Gasteiger partial charge in [-0.25, -0.2) is 4.98 Å². The summed E-state index contributed by atoms with van der Waals surface area (Å²) in [5, 5.41) is 3.90. The average molecular weight is 357 g/mol. The van der Waals surface area contributed by atoms with Crippen LogP contribution in [0, 0.1) is 5.92 Å². The first-order chi connectivity index (χ1) is 12.3. The number of thiazole rings is 1. The minimum Gasteiger partial charge on any atom is -0.326 e. The highest BCUT2D eigenvalue weighted by atomic mass is 32.1. The highest BCUT2D eigenvalue weighted by Gasteiger charge is 2.26. The van der Waals surface area contributed by atoms with Gasteiger partial charge in [-0.3, -0.25) is 4.79 Å². The number of aromatic nitrogens is 1. The number of rotatable bonds is 4. The summed E-state index contributed by atoms with van der Waals surface area (Å²) in [7, 11) is 0. The lowest BCUT2D eigenvalue weighted by Gasteiger charge is -2.22. The molecular weight excluding hydrogens is 330 g/mol. The number of benzene rings is 1. The molecule has 1 aromatic heterocycles. The summed E-state index contributed by atoms with van der Waals surface area (Å²) < 4.78 is 0. The van der Waals surface area contributed by atoms with Gasteiger partial charge in [0.2, 0.25) is 5.91 Å². The summed E-state index contributed by atoms with van der Waals surface area (Å²) in [6, 6.07) is 10.7. The van der Waals surface area contributed by atoms with Gasteiger partial charge in [0.25, 0.3) is 0 Å². The van der Waals surface area contributed by atoms with E-state index in [-0.39, 0.29) is 11.8 Å². The number of amides is 1. The van der Waals surface area contributed by atoms with Crippen LogP contribution in [-0.2, 0) is 24.3 Å². The van der Waals surface area contributed by atoms with Gasteiger partial charge in [0.1, 0.15) is 13.1 Å². The molecule has 5 heteroatoms. The van der Waals surface area contributed by atoms with E-state index in [0.717, 1.165) is 44.0 Å². The standard InChI is InChI=1S/C20H25N3OS/c24-19(16-9-5-2-6-10-16)22-20-21-17-11-12-23(14-18(17)25-20)13-15-7-3-1-4-8-15/h1,3-4,7-8,16H,2,5-6,9-14H2,(H,21,22,24)/p+1. The van der Waals surface area contributed by atoms with E-state index in [1.807, 2.05) is 0 Å². The van der Waals surface area contributed by atoms with E-state index < -0.39 is 0 Å². The Morgan fingerprint density at radius 3 is 2.80 bits per heavy atom. The molecule has 1 unspecified atom stereocenters. The Labute approximate surface area is 153 Å². The van der Waals surface area contributed by atoms with Crippen LogP contribution in [0.1, 0.15) is 48.2 Å². The fraction of sp³-hybridized carbons (Fsp3) is 0.500. The van der Waals surface area contributed by atoms with Crippen LogP contribution in [0.25, 0.3) is 0 Å². The summed E-state index contributed by atoms with van der Waals surface area (Å²) in [5.74, 6) is 0.370. The smallest absolute Gasteiger partial charge is 0.229 e. The second-order valence-electron chi connectivity index (χ2n) is 7.30. The minimum atomic E-state index is 0.180.